The van der Waals surface area contributed by atoms with E-state index in [1.165, 1.54) is 57.8 Å². The Kier molecular flexibility index (Phi) is 13.7. The molecule has 0 atom stereocenters. The van der Waals surface area contributed by atoms with Crippen molar-refractivity contribution in [2.75, 3.05) is 0 Å². The second-order valence-electron chi connectivity index (χ2n) is 4.48. The van der Waals surface area contributed by atoms with Crippen molar-refractivity contribution in [1.82, 2.24) is 0 Å². The number of hydrogen-bond donors (Lipinski definition) is 0. The van der Waals surface area contributed by atoms with Gasteiger partial charge in [-0.05, 0) is 19.3 Å². The fourth-order valence-electron chi connectivity index (χ4n) is 1.80. The Labute approximate surface area is 103 Å². The van der Waals surface area contributed by atoms with Crippen molar-refractivity contribution in [1.29, 1.82) is 0 Å². The van der Waals surface area contributed by atoms with Crippen molar-refractivity contribution in [2.45, 2.75) is 77.6 Å². The quantitative estimate of drug-likeness (QED) is 0.245. The Morgan fingerprint density at radius 2 is 1.38 bits per heavy atom. The van der Waals surface area contributed by atoms with Gasteiger partial charge in [0.2, 0.25) is 0 Å². The Morgan fingerprint density at radius 1 is 0.812 bits per heavy atom. The Bertz CT molecular complexity index is 183. The van der Waals surface area contributed by atoms with Crippen LogP contribution in [0.5, 0.6) is 0 Å². The number of unbranched alkanes of at least 4 members (excludes halogenated alkanes) is 9. The van der Waals surface area contributed by atoms with Gasteiger partial charge in [0.15, 0.2) is 0 Å². The summed E-state index contributed by atoms with van der Waals surface area (Å²) in [6.07, 6.45) is 24.1. The van der Waals surface area contributed by atoms with Gasteiger partial charge in [-0.25, -0.2) is 0 Å². The summed E-state index contributed by atoms with van der Waals surface area (Å²) in [5.41, 5.74) is 0. The van der Waals surface area contributed by atoms with E-state index in [1.807, 2.05) is 0 Å². The van der Waals surface area contributed by atoms with Crippen LogP contribution in [0.1, 0.15) is 77.6 Å². The average Bonchev–Trinajstić information content (AvgIpc) is 2.31. The first-order chi connectivity index (χ1) is 7.91. The van der Waals surface area contributed by atoms with E-state index in [4.69, 9.17) is 6.42 Å². The van der Waals surface area contributed by atoms with Gasteiger partial charge in [-0.3, -0.25) is 0 Å². The minimum atomic E-state index is 0.883. The first-order valence-corrected chi connectivity index (χ1v) is 7.00. The Hall–Kier alpha value is -0.700. The summed E-state index contributed by atoms with van der Waals surface area (Å²) in [6, 6.07) is 0. The molecule has 16 heavy (non-hydrogen) atoms. The summed E-state index contributed by atoms with van der Waals surface area (Å²) in [5.74, 6) is 2.65. The number of allylic oxidation sites excluding steroid dienone is 2. The number of hydrogen-bond acceptors (Lipinski definition) is 0. The van der Waals surface area contributed by atoms with Crippen molar-refractivity contribution in [3.05, 3.63) is 12.2 Å². The molecule has 0 aromatic rings. The van der Waals surface area contributed by atoms with Gasteiger partial charge in [0, 0.05) is 6.42 Å². The molecular formula is C16H28. The standard InChI is InChI=1S/C16H28/c1-3-5-7-9-11-13-15-16-14-12-10-8-6-4-2/h1,9,11H,4-8,10,12-16H2,2H3/b11-9-. The Balaban J connectivity index is 2.98. The van der Waals surface area contributed by atoms with Crippen molar-refractivity contribution in [2.24, 2.45) is 0 Å². The zero-order chi connectivity index (χ0) is 11.9. The van der Waals surface area contributed by atoms with Crippen LogP contribution in [-0.4, -0.2) is 0 Å². The van der Waals surface area contributed by atoms with Crippen LogP contribution in [0.2, 0.25) is 0 Å². The van der Waals surface area contributed by atoms with Crippen molar-refractivity contribution in [3.8, 4) is 12.3 Å². The molecule has 0 spiro atoms. The Morgan fingerprint density at radius 3 is 2.00 bits per heavy atom. The molecule has 0 saturated heterocycles. The van der Waals surface area contributed by atoms with E-state index in [0.29, 0.717) is 0 Å². The molecule has 0 unspecified atom stereocenters. The predicted molar refractivity (Wildman–Crippen MR) is 74.4 cm³/mol. The van der Waals surface area contributed by atoms with E-state index in [2.05, 4.69) is 25.0 Å². The first kappa shape index (κ1) is 15.3. The summed E-state index contributed by atoms with van der Waals surface area (Å²) in [6.45, 7) is 2.27. The van der Waals surface area contributed by atoms with Gasteiger partial charge in [0.05, 0.1) is 0 Å². The normalized spacial score (nSPS) is 10.8. The van der Waals surface area contributed by atoms with Crippen molar-refractivity contribution < 1.29 is 0 Å². The zero-order valence-corrected chi connectivity index (χ0v) is 11.0. The molecule has 0 aromatic heterocycles. The monoisotopic (exact) mass is 220 g/mol. The molecule has 92 valence electrons. The lowest BCUT2D eigenvalue weighted by molar-refractivity contribution is 0.577. The molecule has 0 radical (unpaired) electrons. The van der Waals surface area contributed by atoms with Crippen LogP contribution in [0.15, 0.2) is 12.2 Å². The molecule has 0 aromatic carbocycles. The molecule has 0 saturated carbocycles. The average molecular weight is 220 g/mol. The highest BCUT2D eigenvalue weighted by Crippen LogP contribution is 2.09. The highest BCUT2D eigenvalue weighted by molar-refractivity contribution is 4.90. The van der Waals surface area contributed by atoms with E-state index in [1.54, 1.807) is 0 Å². The van der Waals surface area contributed by atoms with Crippen LogP contribution in [0.4, 0.5) is 0 Å². The van der Waals surface area contributed by atoms with Gasteiger partial charge in [-0.15, -0.1) is 12.3 Å². The van der Waals surface area contributed by atoms with E-state index in [9.17, 15) is 0 Å². The van der Waals surface area contributed by atoms with Gasteiger partial charge in [0.25, 0.3) is 0 Å². The lowest BCUT2D eigenvalue weighted by Crippen LogP contribution is -1.79. The molecular weight excluding hydrogens is 192 g/mol. The molecule has 0 heteroatoms. The van der Waals surface area contributed by atoms with E-state index in [0.717, 1.165) is 12.8 Å². The maximum atomic E-state index is 5.18. The number of rotatable bonds is 11. The molecule has 0 N–H and O–H groups in total. The SMILES string of the molecule is C#CCC/C=C\CCCCCCCCCC. The van der Waals surface area contributed by atoms with Crippen LogP contribution >= 0.6 is 0 Å². The highest BCUT2D eigenvalue weighted by Gasteiger charge is 1.90. The summed E-state index contributed by atoms with van der Waals surface area (Å²) in [5, 5.41) is 0. The van der Waals surface area contributed by atoms with Crippen LogP contribution in [0.3, 0.4) is 0 Å². The van der Waals surface area contributed by atoms with Crippen LogP contribution in [0, 0.1) is 12.3 Å². The molecule has 0 aliphatic rings. The molecule has 0 amide bonds. The topological polar surface area (TPSA) is 0 Å². The fourth-order valence-corrected chi connectivity index (χ4v) is 1.80. The fraction of sp³-hybridized carbons (Fsp3) is 0.750. The van der Waals surface area contributed by atoms with Gasteiger partial charge in [-0.2, -0.15) is 0 Å². The molecule has 0 nitrogen and oxygen atoms in total. The van der Waals surface area contributed by atoms with Crippen molar-refractivity contribution >= 4 is 0 Å². The zero-order valence-electron chi connectivity index (χ0n) is 11.0. The van der Waals surface area contributed by atoms with Gasteiger partial charge < -0.3 is 0 Å². The van der Waals surface area contributed by atoms with Gasteiger partial charge in [0.1, 0.15) is 0 Å². The lowest BCUT2D eigenvalue weighted by atomic mass is 10.1. The van der Waals surface area contributed by atoms with Gasteiger partial charge in [-0.1, -0.05) is 64.0 Å². The van der Waals surface area contributed by atoms with Crippen molar-refractivity contribution in [3.63, 3.8) is 0 Å². The smallest absolute Gasteiger partial charge is 0.0121 e. The van der Waals surface area contributed by atoms with E-state index < -0.39 is 0 Å². The first-order valence-electron chi connectivity index (χ1n) is 7.00. The summed E-state index contributed by atoms with van der Waals surface area (Å²) < 4.78 is 0. The maximum Gasteiger partial charge on any atom is 0.0121 e. The summed E-state index contributed by atoms with van der Waals surface area (Å²) in [7, 11) is 0. The molecule has 0 fully saturated rings. The summed E-state index contributed by atoms with van der Waals surface area (Å²) >= 11 is 0. The van der Waals surface area contributed by atoms with Gasteiger partial charge >= 0.3 is 0 Å². The highest BCUT2D eigenvalue weighted by atomic mass is 14.0. The molecule has 0 heterocycles. The molecule has 0 rings (SSSR count). The van der Waals surface area contributed by atoms with Crippen LogP contribution in [-0.2, 0) is 0 Å². The van der Waals surface area contributed by atoms with Crippen LogP contribution < -0.4 is 0 Å². The molecule has 0 aliphatic heterocycles. The van der Waals surface area contributed by atoms with E-state index >= 15 is 0 Å². The number of terminal acetylenes is 1. The van der Waals surface area contributed by atoms with E-state index in [-0.39, 0.29) is 0 Å². The lowest BCUT2D eigenvalue weighted by Gasteiger charge is -1.99. The third-order valence-corrected chi connectivity index (χ3v) is 2.85. The molecule has 0 aliphatic carbocycles. The second kappa shape index (κ2) is 14.3. The molecule has 0 bridgehead atoms. The second-order valence-corrected chi connectivity index (χ2v) is 4.48. The maximum absolute atomic E-state index is 5.18. The summed E-state index contributed by atoms with van der Waals surface area (Å²) in [4.78, 5) is 0. The third-order valence-electron chi connectivity index (χ3n) is 2.85. The minimum Gasteiger partial charge on any atom is -0.120 e. The third kappa shape index (κ3) is 13.3. The largest absolute Gasteiger partial charge is 0.120 e. The predicted octanol–water partition coefficient (Wildman–Crippen LogP) is 5.49. The minimum absolute atomic E-state index is 0.883. The van der Waals surface area contributed by atoms with Crippen LogP contribution in [0.25, 0.3) is 0 Å².